The largest absolute Gasteiger partial charge is 0.325 e. The van der Waals surface area contributed by atoms with E-state index in [1.807, 2.05) is 13.8 Å². The Morgan fingerprint density at radius 3 is 2.27 bits per heavy atom. The van der Waals surface area contributed by atoms with Crippen molar-refractivity contribution in [1.82, 2.24) is 0 Å². The molecule has 4 heteroatoms. The molecule has 0 spiro atoms. The van der Waals surface area contributed by atoms with Crippen LogP contribution in [0.2, 0.25) is 0 Å². The molecule has 1 aromatic rings. The molecule has 1 N–H and O–H groups in total. The minimum absolute atomic E-state index is 0.0118. The molecule has 2 aliphatic carbocycles. The van der Waals surface area contributed by atoms with Crippen LogP contribution >= 0.6 is 0 Å². The molecule has 0 aromatic heterocycles. The number of amides is 1. The molecule has 1 aromatic carbocycles. The smallest absolute Gasteiger partial charge is 0.238 e. The van der Waals surface area contributed by atoms with Crippen LogP contribution in [0, 0.1) is 16.7 Å². The third-order valence-electron chi connectivity index (χ3n) is 5.83. The first-order chi connectivity index (χ1) is 10.3. The zero-order chi connectivity index (χ0) is 16.1. The summed E-state index contributed by atoms with van der Waals surface area (Å²) >= 11 is 0. The number of fused-ring (bicyclic) bond motifs is 2. The molecule has 0 saturated heterocycles. The van der Waals surface area contributed by atoms with Gasteiger partial charge in [-0.05, 0) is 55.4 Å². The molecule has 0 radical (unpaired) electrons. The lowest BCUT2D eigenvalue weighted by molar-refractivity contribution is -0.141. The van der Waals surface area contributed by atoms with E-state index in [-0.39, 0.29) is 22.9 Å². The van der Waals surface area contributed by atoms with Gasteiger partial charge in [0, 0.05) is 17.7 Å². The van der Waals surface area contributed by atoms with E-state index in [9.17, 15) is 14.4 Å². The molecule has 3 rings (SSSR count). The molecule has 0 heterocycles. The van der Waals surface area contributed by atoms with Crippen LogP contribution in [0.1, 0.15) is 50.4 Å². The van der Waals surface area contributed by atoms with Crippen LogP contribution in [-0.2, 0) is 9.59 Å². The van der Waals surface area contributed by atoms with Crippen molar-refractivity contribution in [2.24, 2.45) is 16.7 Å². The van der Waals surface area contributed by atoms with Crippen LogP contribution < -0.4 is 5.32 Å². The van der Waals surface area contributed by atoms with Gasteiger partial charge < -0.3 is 5.32 Å². The van der Waals surface area contributed by atoms with Crippen molar-refractivity contribution < 1.29 is 14.4 Å². The molecule has 1 amide bonds. The van der Waals surface area contributed by atoms with E-state index in [1.165, 1.54) is 6.92 Å². The molecule has 2 aliphatic rings. The Kier molecular flexibility index (Phi) is 3.24. The summed E-state index contributed by atoms with van der Waals surface area (Å²) in [5.74, 6) is 0.178. The average Bonchev–Trinajstić information content (AvgIpc) is 2.82. The summed E-state index contributed by atoms with van der Waals surface area (Å²) in [5, 5.41) is 2.88. The van der Waals surface area contributed by atoms with Crippen molar-refractivity contribution in [3.63, 3.8) is 0 Å². The summed E-state index contributed by atoms with van der Waals surface area (Å²) in [6.45, 7) is 5.58. The van der Waals surface area contributed by atoms with Crippen molar-refractivity contribution in [3.05, 3.63) is 29.8 Å². The number of carbonyl (C=O) groups is 3. The van der Waals surface area contributed by atoms with E-state index in [4.69, 9.17) is 0 Å². The summed E-state index contributed by atoms with van der Waals surface area (Å²) < 4.78 is 0. The monoisotopic (exact) mass is 299 g/mol. The normalized spacial score (nSPS) is 28.7. The topological polar surface area (TPSA) is 63.2 Å². The number of Topliss-reactive ketones (excluding diaryl/α,β-unsaturated/α-hetero) is 2. The van der Waals surface area contributed by atoms with Crippen LogP contribution in [0.3, 0.4) is 0 Å². The molecule has 116 valence electrons. The predicted molar refractivity (Wildman–Crippen MR) is 83.6 cm³/mol. The van der Waals surface area contributed by atoms with Gasteiger partial charge in [0.2, 0.25) is 5.91 Å². The SMILES string of the molecule is CC(=O)c1ccc(NC(=O)C23CCC(CC2=O)C3(C)C)cc1. The van der Waals surface area contributed by atoms with Gasteiger partial charge in [-0.15, -0.1) is 0 Å². The number of nitrogens with one attached hydrogen (secondary N) is 1. The van der Waals surface area contributed by atoms with Crippen molar-refractivity contribution in [3.8, 4) is 0 Å². The summed E-state index contributed by atoms with van der Waals surface area (Å²) in [6, 6.07) is 6.80. The summed E-state index contributed by atoms with van der Waals surface area (Å²) in [6.07, 6.45) is 2.10. The van der Waals surface area contributed by atoms with Crippen molar-refractivity contribution in [2.75, 3.05) is 5.32 Å². The summed E-state index contributed by atoms with van der Waals surface area (Å²) in [5.41, 5.74) is 0.0578. The minimum atomic E-state index is -0.892. The van der Waals surface area contributed by atoms with Crippen molar-refractivity contribution in [2.45, 2.75) is 40.0 Å². The van der Waals surface area contributed by atoms with Gasteiger partial charge in [-0.1, -0.05) is 13.8 Å². The highest BCUT2D eigenvalue weighted by Crippen LogP contribution is 2.64. The van der Waals surface area contributed by atoms with Crippen molar-refractivity contribution >= 4 is 23.2 Å². The Hall–Kier alpha value is -1.97. The van der Waals surface area contributed by atoms with Crippen molar-refractivity contribution in [1.29, 1.82) is 0 Å². The fraction of sp³-hybridized carbons (Fsp3) is 0.500. The van der Waals surface area contributed by atoms with Crippen LogP contribution in [0.4, 0.5) is 5.69 Å². The Balaban J connectivity index is 1.85. The number of hydrogen-bond acceptors (Lipinski definition) is 3. The average molecular weight is 299 g/mol. The second-order valence-electron chi connectivity index (χ2n) is 7.08. The fourth-order valence-corrected chi connectivity index (χ4v) is 4.24. The highest BCUT2D eigenvalue weighted by Gasteiger charge is 2.68. The van der Waals surface area contributed by atoms with Gasteiger partial charge in [0.15, 0.2) is 5.78 Å². The Morgan fingerprint density at radius 2 is 1.82 bits per heavy atom. The third kappa shape index (κ3) is 1.86. The molecule has 2 saturated carbocycles. The van der Waals surface area contributed by atoms with E-state index in [0.717, 1.165) is 6.42 Å². The highest BCUT2D eigenvalue weighted by molar-refractivity contribution is 6.14. The standard InChI is InChI=1S/C18H21NO3/c1-11(20)12-4-6-14(7-5-12)19-16(22)18-9-8-13(10-15(18)21)17(18,2)3/h4-7,13H,8-10H2,1-3H3,(H,19,22). The van der Waals surface area contributed by atoms with Crippen LogP contribution in [0.25, 0.3) is 0 Å². The van der Waals surface area contributed by atoms with Gasteiger partial charge in [0.25, 0.3) is 0 Å². The summed E-state index contributed by atoms with van der Waals surface area (Å²) in [4.78, 5) is 36.6. The quantitative estimate of drug-likeness (QED) is 0.688. The molecular formula is C18H21NO3. The van der Waals surface area contributed by atoms with Gasteiger partial charge in [0.1, 0.15) is 11.2 Å². The van der Waals surface area contributed by atoms with Gasteiger partial charge in [-0.3, -0.25) is 14.4 Å². The van der Waals surface area contributed by atoms with Gasteiger partial charge in [-0.2, -0.15) is 0 Å². The number of anilines is 1. The number of rotatable bonds is 3. The maximum atomic E-state index is 12.8. The molecule has 2 atom stereocenters. The maximum absolute atomic E-state index is 12.8. The second kappa shape index (κ2) is 4.77. The number of benzene rings is 1. The lowest BCUT2D eigenvalue weighted by atomic mass is 9.68. The van der Waals surface area contributed by atoms with Crippen LogP contribution in [0.15, 0.2) is 24.3 Å². The highest BCUT2D eigenvalue weighted by atomic mass is 16.2. The Morgan fingerprint density at radius 1 is 1.18 bits per heavy atom. The molecule has 2 fully saturated rings. The van der Waals surface area contributed by atoms with E-state index >= 15 is 0 Å². The summed E-state index contributed by atoms with van der Waals surface area (Å²) in [7, 11) is 0. The van der Waals surface area contributed by atoms with E-state index < -0.39 is 5.41 Å². The maximum Gasteiger partial charge on any atom is 0.238 e. The molecule has 2 unspecified atom stereocenters. The number of ketones is 2. The lowest BCUT2D eigenvalue weighted by Crippen LogP contribution is -2.46. The molecule has 2 bridgehead atoms. The molecule has 4 nitrogen and oxygen atoms in total. The van der Waals surface area contributed by atoms with Crippen LogP contribution in [0.5, 0.6) is 0 Å². The van der Waals surface area contributed by atoms with E-state index in [0.29, 0.717) is 30.0 Å². The minimum Gasteiger partial charge on any atom is -0.325 e. The first-order valence-electron chi connectivity index (χ1n) is 7.75. The molecular weight excluding hydrogens is 278 g/mol. The Bertz CT molecular complexity index is 659. The first kappa shape index (κ1) is 14.9. The first-order valence-corrected chi connectivity index (χ1v) is 7.75. The Labute approximate surface area is 130 Å². The van der Waals surface area contributed by atoms with Gasteiger partial charge in [-0.25, -0.2) is 0 Å². The number of carbonyl (C=O) groups excluding carboxylic acids is 3. The van der Waals surface area contributed by atoms with E-state index in [2.05, 4.69) is 5.32 Å². The molecule has 22 heavy (non-hydrogen) atoms. The molecule has 0 aliphatic heterocycles. The zero-order valence-corrected chi connectivity index (χ0v) is 13.2. The van der Waals surface area contributed by atoms with Crippen LogP contribution in [-0.4, -0.2) is 17.5 Å². The van der Waals surface area contributed by atoms with Gasteiger partial charge >= 0.3 is 0 Å². The zero-order valence-electron chi connectivity index (χ0n) is 13.2. The fourth-order valence-electron chi connectivity index (χ4n) is 4.24. The third-order valence-corrected chi connectivity index (χ3v) is 5.83. The predicted octanol–water partition coefficient (Wildman–Crippen LogP) is 3.22. The van der Waals surface area contributed by atoms with E-state index in [1.54, 1.807) is 24.3 Å². The second-order valence-corrected chi connectivity index (χ2v) is 7.08. The van der Waals surface area contributed by atoms with Gasteiger partial charge in [0.05, 0.1) is 0 Å². The lowest BCUT2D eigenvalue weighted by Gasteiger charge is -2.34. The number of hydrogen-bond donors (Lipinski definition) is 1.